The minimum atomic E-state index is -1.99. The van der Waals surface area contributed by atoms with Crippen molar-refractivity contribution in [2.24, 2.45) is 5.41 Å². The lowest BCUT2D eigenvalue weighted by Crippen LogP contribution is -2.48. The van der Waals surface area contributed by atoms with Gasteiger partial charge in [0.2, 0.25) is 0 Å². The van der Waals surface area contributed by atoms with Gasteiger partial charge < -0.3 is 9.16 Å². The van der Waals surface area contributed by atoms with E-state index in [4.69, 9.17) is 9.16 Å². The average Bonchev–Trinajstić information content (AvgIpc) is 3.21. The molecular weight excluding hydrogens is 448 g/mol. The van der Waals surface area contributed by atoms with Gasteiger partial charge in [-0.05, 0) is 88.6 Å². The number of hydrogen-bond acceptors (Lipinski definition) is 3. The van der Waals surface area contributed by atoms with Gasteiger partial charge in [0.25, 0.3) is 8.32 Å². The molecule has 0 aromatic heterocycles. The third-order valence-electron chi connectivity index (χ3n) is 8.42. The first-order chi connectivity index (χ1) is 16.2. The molecular formula is C31H52O3Si. The zero-order chi connectivity index (χ0) is 26.6. The Labute approximate surface area is 217 Å². The number of carbonyl (C=O) groups excluding carboxylic acids is 1. The van der Waals surface area contributed by atoms with E-state index in [0.29, 0.717) is 29.1 Å². The number of Topliss-reactive ketones (excluding diaryl/α,β-unsaturated/α-hetero) is 1. The predicted molar refractivity (Wildman–Crippen MR) is 152 cm³/mol. The van der Waals surface area contributed by atoms with Crippen molar-refractivity contribution in [3.05, 3.63) is 47.3 Å². The van der Waals surface area contributed by atoms with Crippen LogP contribution in [-0.2, 0) is 14.0 Å². The molecule has 3 nitrogen and oxygen atoms in total. The highest BCUT2D eigenvalue weighted by atomic mass is 28.4. The van der Waals surface area contributed by atoms with Crippen molar-refractivity contribution in [3.63, 3.8) is 0 Å². The van der Waals surface area contributed by atoms with Crippen molar-refractivity contribution in [1.82, 2.24) is 0 Å². The molecule has 0 aromatic rings. The molecule has 0 spiro atoms. The van der Waals surface area contributed by atoms with Gasteiger partial charge in [0.15, 0.2) is 5.78 Å². The molecule has 0 N–H and O–H groups in total. The lowest BCUT2D eigenvalue weighted by molar-refractivity contribution is -0.114. The standard InChI is InChI=1S/C31H52O3Si/c1-22(2)35(23(3)4,24(5)6)34-29-15-13-21-31(29,11)20-12-14-26(8)27(32)18-16-25(7)17-19-28-30(9,10)33-28/h13-16,21-24,28H,12,17-20H2,1-11H3/b25-16+,26-14+/t28-,31+/m0/s1. The zero-order valence-electron chi connectivity index (χ0n) is 24.5. The van der Waals surface area contributed by atoms with Crippen molar-refractivity contribution < 1.29 is 14.0 Å². The lowest BCUT2D eigenvalue weighted by atomic mass is 9.85. The summed E-state index contributed by atoms with van der Waals surface area (Å²) in [5.41, 5.74) is 3.73. The Morgan fingerprint density at radius 2 is 1.63 bits per heavy atom. The summed E-state index contributed by atoms with van der Waals surface area (Å²) in [5.74, 6) is 1.34. The van der Waals surface area contributed by atoms with Crippen LogP contribution in [0.3, 0.4) is 0 Å². The molecule has 1 aliphatic carbocycles. The monoisotopic (exact) mass is 500 g/mol. The smallest absolute Gasteiger partial charge is 0.258 e. The summed E-state index contributed by atoms with van der Waals surface area (Å²) in [7, 11) is -1.99. The van der Waals surface area contributed by atoms with Crippen LogP contribution in [0.4, 0.5) is 0 Å². The van der Waals surface area contributed by atoms with Crippen molar-refractivity contribution in [2.75, 3.05) is 0 Å². The van der Waals surface area contributed by atoms with Crippen LogP contribution in [0.25, 0.3) is 0 Å². The number of hydrogen-bond donors (Lipinski definition) is 0. The first-order valence-corrected chi connectivity index (χ1v) is 15.9. The molecule has 198 valence electrons. The summed E-state index contributed by atoms with van der Waals surface area (Å²) >= 11 is 0. The average molecular weight is 501 g/mol. The van der Waals surface area contributed by atoms with Gasteiger partial charge in [-0.25, -0.2) is 0 Å². The fourth-order valence-corrected chi connectivity index (χ4v) is 11.2. The summed E-state index contributed by atoms with van der Waals surface area (Å²) in [5, 5.41) is 0. The molecule has 0 bridgehead atoms. The van der Waals surface area contributed by atoms with Crippen LogP contribution in [0.2, 0.25) is 16.6 Å². The van der Waals surface area contributed by atoms with Crippen molar-refractivity contribution in [3.8, 4) is 0 Å². The van der Waals surface area contributed by atoms with E-state index in [9.17, 15) is 4.79 Å². The van der Waals surface area contributed by atoms with Crippen LogP contribution in [0, 0.1) is 5.41 Å². The molecule has 0 aromatic carbocycles. The Bertz CT molecular complexity index is 850. The summed E-state index contributed by atoms with van der Waals surface area (Å²) in [6.45, 7) is 24.6. The highest BCUT2D eigenvalue weighted by Gasteiger charge is 2.49. The Balaban J connectivity index is 1.93. The highest BCUT2D eigenvalue weighted by molar-refractivity contribution is 6.77. The molecule has 0 amide bonds. The largest absolute Gasteiger partial charge is 0.545 e. The van der Waals surface area contributed by atoms with Gasteiger partial charge in [-0.2, -0.15) is 0 Å². The number of ether oxygens (including phenoxy) is 1. The first-order valence-electron chi connectivity index (χ1n) is 13.8. The molecule has 35 heavy (non-hydrogen) atoms. The SMILES string of the molecule is C/C(=C\CC(=O)/C(C)=C/CC[C@]1(C)C=CC=C1O[Si](C(C)C)(C(C)C)C(C)C)CC[C@@H]1OC1(C)C. The van der Waals surface area contributed by atoms with Gasteiger partial charge in [-0.15, -0.1) is 0 Å². The summed E-state index contributed by atoms with van der Waals surface area (Å²) in [6.07, 6.45) is 15.5. The van der Waals surface area contributed by atoms with Crippen molar-refractivity contribution in [2.45, 2.75) is 137 Å². The molecule has 0 unspecified atom stereocenters. The van der Waals surface area contributed by atoms with E-state index in [1.54, 1.807) is 0 Å². The minimum absolute atomic E-state index is 0.0444. The maximum atomic E-state index is 12.7. The van der Waals surface area contributed by atoms with Crippen LogP contribution in [0.15, 0.2) is 47.3 Å². The number of rotatable bonds is 14. The van der Waals surface area contributed by atoms with Crippen LogP contribution < -0.4 is 0 Å². The molecule has 2 rings (SSSR count). The molecule has 2 aliphatic rings. The summed E-state index contributed by atoms with van der Waals surface area (Å²) < 4.78 is 12.7. The maximum absolute atomic E-state index is 12.7. The quantitative estimate of drug-likeness (QED) is 0.103. The second-order valence-corrected chi connectivity index (χ2v) is 18.0. The summed E-state index contributed by atoms with van der Waals surface area (Å²) in [4.78, 5) is 12.7. The topological polar surface area (TPSA) is 38.8 Å². The number of epoxide rings is 1. The second kappa shape index (κ2) is 11.8. The van der Waals surface area contributed by atoms with Crippen LogP contribution >= 0.6 is 0 Å². The molecule has 0 radical (unpaired) electrons. The number of carbonyl (C=O) groups is 1. The predicted octanol–water partition coefficient (Wildman–Crippen LogP) is 9.23. The molecule has 1 aliphatic heterocycles. The minimum Gasteiger partial charge on any atom is -0.545 e. The van der Waals surface area contributed by atoms with E-state index in [0.717, 1.165) is 37.0 Å². The molecule has 2 atom stereocenters. The lowest BCUT2D eigenvalue weighted by Gasteiger charge is -2.45. The third kappa shape index (κ3) is 7.32. The first kappa shape index (κ1) is 29.8. The number of allylic oxidation sites excluding steroid dienone is 7. The summed E-state index contributed by atoms with van der Waals surface area (Å²) in [6, 6.07) is 0. The van der Waals surface area contributed by atoms with Gasteiger partial charge in [0.1, 0.15) is 0 Å². The Kier molecular flexibility index (Phi) is 10.0. The van der Waals surface area contributed by atoms with Crippen molar-refractivity contribution >= 4 is 14.1 Å². The molecule has 1 fully saturated rings. The number of ketones is 1. The van der Waals surface area contributed by atoms with E-state index in [2.05, 4.69) is 99.6 Å². The molecule has 1 heterocycles. The molecule has 4 heteroatoms. The second-order valence-electron chi connectivity index (χ2n) is 12.6. The normalized spacial score (nSPS) is 24.5. The Hall–Kier alpha value is -1.39. The van der Waals surface area contributed by atoms with Crippen LogP contribution in [0.5, 0.6) is 0 Å². The molecule has 0 saturated carbocycles. The van der Waals surface area contributed by atoms with E-state index < -0.39 is 8.32 Å². The van der Waals surface area contributed by atoms with E-state index in [1.807, 2.05) is 6.92 Å². The molecule has 1 saturated heterocycles. The zero-order valence-corrected chi connectivity index (χ0v) is 25.5. The van der Waals surface area contributed by atoms with Crippen LogP contribution in [-0.4, -0.2) is 25.8 Å². The fourth-order valence-electron chi connectivity index (χ4n) is 5.85. The highest BCUT2D eigenvalue weighted by Crippen LogP contribution is 2.48. The van der Waals surface area contributed by atoms with Crippen LogP contribution in [0.1, 0.15) is 108 Å². The Morgan fingerprint density at radius 1 is 1.06 bits per heavy atom. The third-order valence-corrected chi connectivity index (χ3v) is 14.4. The van der Waals surface area contributed by atoms with Gasteiger partial charge in [-0.3, -0.25) is 4.79 Å². The van der Waals surface area contributed by atoms with E-state index in [-0.39, 0.29) is 16.8 Å². The van der Waals surface area contributed by atoms with E-state index >= 15 is 0 Å². The Morgan fingerprint density at radius 3 is 2.14 bits per heavy atom. The van der Waals surface area contributed by atoms with Gasteiger partial charge in [0.05, 0.1) is 17.5 Å². The van der Waals surface area contributed by atoms with Gasteiger partial charge in [0, 0.05) is 11.8 Å². The van der Waals surface area contributed by atoms with Gasteiger partial charge in [-0.1, -0.05) is 71.4 Å². The van der Waals surface area contributed by atoms with E-state index in [1.165, 1.54) is 5.57 Å². The maximum Gasteiger partial charge on any atom is 0.258 e. The van der Waals surface area contributed by atoms with Crippen molar-refractivity contribution in [1.29, 1.82) is 0 Å². The van der Waals surface area contributed by atoms with Gasteiger partial charge >= 0.3 is 0 Å². The fraction of sp³-hybridized carbons (Fsp3) is 0.710.